The fraction of sp³-hybridized carbons (Fsp3) is 0. The monoisotopic (exact) mass is 333 g/mol. The zero-order valence-electron chi connectivity index (χ0n) is 12.7. The smallest absolute Gasteiger partial charge is 0.270 e. The molecule has 0 aliphatic rings. The number of pyridine rings is 1. The number of hydrogen-bond acceptors (Lipinski definition) is 6. The second kappa shape index (κ2) is 5.68. The van der Waals surface area contributed by atoms with E-state index in [1.807, 2.05) is 30.3 Å². The van der Waals surface area contributed by atoms with Crippen LogP contribution in [0, 0.1) is 10.1 Å². The Hall–Kier alpha value is -3.81. The zero-order valence-corrected chi connectivity index (χ0v) is 12.7. The van der Waals surface area contributed by atoms with Crippen molar-refractivity contribution >= 4 is 39.0 Å². The first-order chi connectivity index (χ1) is 12.1. The largest absolute Gasteiger partial charge is 0.493 e. The molecule has 2 aromatic carbocycles. The van der Waals surface area contributed by atoms with Crippen LogP contribution in [0.25, 0.3) is 21.8 Å². The van der Waals surface area contributed by atoms with Crippen molar-refractivity contribution in [2.45, 2.75) is 0 Å². The molecule has 2 aromatic heterocycles. The summed E-state index contributed by atoms with van der Waals surface area (Å²) in [4.78, 5) is 17.5. The van der Waals surface area contributed by atoms with E-state index in [-0.39, 0.29) is 17.3 Å². The van der Waals surface area contributed by atoms with E-state index in [0.717, 1.165) is 10.9 Å². The molecule has 0 aliphatic carbocycles. The first kappa shape index (κ1) is 14.8. The molecule has 8 heteroatoms. The summed E-state index contributed by atoms with van der Waals surface area (Å²) in [7, 11) is 0. The molecular formula is C17H11N5O3. The number of aromatic amines is 1. The third-order valence-electron chi connectivity index (χ3n) is 3.78. The number of azo groups is 1. The van der Waals surface area contributed by atoms with Gasteiger partial charge in [0.25, 0.3) is 5.69 Å². The summed E-state index contributed by atoms with van der Waals surface area (Å²) >= 11 is 0. The molecule has 0 atom stereocenters. The van der Waals surface area contributed by atoms with Gasteiger partial charge in [0.1, 0.15) is 0 Å². The minimum Gasteiger partial charge on any atom is -0.493 e. The Kier molecular flexibility index (Phi) is 3.35. The number of H-pyrrole nitrogens is 1. The number of fused-ring (bicyclic) bond motifs is 2. The van der Waals surface area contributed by atoms with Crippen LogP contribution in [0.4, 0.5) is 17.2 Å². The van der Waals surface area contributed by atoms with Gasteiger partial charge in [0.15, 0.2) is 11.5 Å². The number of benzene rings is 2. The van der Waals surface area contributed by atoms with Gasteiger partial charge >= 0.3 is 0 Å². The molecule has 122 valence electrons. The first-order valence-corrected chi connectivity index (χ1v) is 7.38. The van der Waals surface area contributed by atoms with Crippen molar-refractivity contribution in [2.75, 3.05) is 0 Å². The van der Waals surface area contributed by atoms with E-state index in [9.17, 15) is 15.2 Å². The van der Waals surface area contributed by atoms with Gasteiger partial charge in [0.05, 0.1) is 16.0 Å². The lowest BCUT2D eigenvalue weighted by Gasteiger charge is -1.97. The van der Waals surface area contributed by atoms with E-state index >= 15 is 0 Å². The van der Waals surface area contributed by atoms with Gasteiger partial charge in [-0.3, -0.25) is 10.1 Å². The summed E-state index contributed by atoms with van der Waals surface area (Å²) in [6.07, 6.45) is 0. The van der Waals surface area contributed by atoms with Crippen LogP contribution in [-0.4, -0.2) is 20.0 Å². The van der Waals surface area contributed by atoms with Crippen LogP contribution in [0.1, 0.15) is 0 Å². The third-order valence-corrected chi connectivity index (χ3v) is 3.78. The number of non-ortho nitro benzene ring substituents is 1. The Labute approximate surface area is 140 Å². The number of nitrogens with zero attached hydrogens (tertiary/aromatic N) is 4. The van der Waals surface area contributed by atoms with Gasteiger partial charge in [-0.1, -0.05) is 18.2 Å². The molecule has 2 heterocycles. The highest BCUT2D eigenvalue weighted by Gasteiger charge is 2.15. The van der Waals surface area contributed by atoms with E-state index in [1.54, 1.807) is 6.07 Å². The maximum atomic E-state index is 10.9. The van der Waals surface area contributed by atoms with E-state index in [4.69, 9.17) is 0 Å². The minimum atomic E-state index is -0.505. The number of nitro groups is 1. The van der Waals surface area contributed by atoms with Crippen LogP contribution in [0.2, 0.25) is 0 Å². The van der Waals surface area contributed by atoms with Crippen LogP contribution >= 0.6 is 0 Å². The fourth-order valence-electron chi connectivity index (χ4n) is 2.58. The molecule has 0 aliphatic heterocycles. The number of nitrogens with one attached hydrogen (secondary N) is 1. The topological polar surface area (TPSA) is 117 Å². The summed E-state index contributed by atoms with van der Waals surface area (Å²) in [6.45, 7) is 0. The molecule has 0 unspecified atom stereocenters. The maximum Gasteiger partial charge on any atom is 0.270 e. The molecule has 4 rings (SSSR count). The number of aromatic hydroxyl groups is 1. The molecule has 0 saturated heterocycles. The Morgan fingerprint density at radius 3 is 2.76 bits per heavy atom. The van der Waals surface area contributed by atoms with Gasteiger partial charge in [0.2, 0.25) is 5.88 Å². The number of rotatable bonds is 3. The standard InChI is InChI=1S/C17H11N5O3/c23-17-16(12-9-11(22(24)25)6-7-14(12)19-17)21-20-15-8-5-10-3-1-2-4-13(10)18-15/h1-9,19,23H. The van der Waals surface area contributed by atoms with E-state index < -0.39 is 4.92 Å². The lowest BCUT2D eigenvalue weighted by molar-refractivity contribution is -0.384. The SMILES string of the molecule is O=[N+]([O-])c1ccc2[nH]c(O)c(N=Nc3ccc4ccccc4n3)c2c1. The number of para-hydroxylation sites is 1. The second-order valence-electron chi connectivity index (χ2n) is 5.37. The van der Waals surface area contributed by atoms with E-state index in [1.165, 1.54) is 18.2 Å². The maximum absolute atomic E-state index is 10.9. The number of nitro benzene ring substituents is 1. The van der Waals surface area contributed by atoms with Gasteiger partial charge in [-0.05, 0) is 24.3 Å². The molecule has 0 fully saturated rings. The highest BCUT2D eigenvalue weighted by molar-refractivity contribution is 5.95. The average Bonchev–Trinajstić information content (AvgIpc) is 2.94. The Balaban J connectivity index is 1.78. The van der Waals surface area contributed by atoms with Crippen molar-refractivity contribution in [1.29, 1.82) is 0 Å². The molecule has 0 amide bonds. The molecule has 4 aromatic rings. The normalized spacial score (nSPS) is 11.5. The van der Waals surface area contributed by atoms with Crippen molar-refractivity contribution < 1.29 is 10.0 Å². The van der Waals surface area contributed by atoms with Gasteiger partial charge in [0, 0.05) is 22.9 Å². The molecule has 0 bridgehead atoms. The van der Waals surface area contributed by atoms with Crippen molar-refractivity contribution in [3.05, 3.63) is 64.7 Å². The van der Waals surface area contributed by atoms with Crippen molar-refractivity contribution in [2.24, 2.45) is 10.2 Å². The van der Waals surface area contributed by atoms with Crippen LogP contribution in [0.3, 0.4) is 0 Å². The lowest BCUT2D eigenvalue weighted by atomic mass is 10.2. The summed E-state index contributed by atoms with van der Waals surface area (Å²) in [5.41, 5.74) is 1.35. The molecule has 0 radical (unpaired) electrons. The Morgan fingerprint density at radius 2 is 1.92 bits per heavy atom. The van der Waals surface area contributed by atoms with Crippen LogP contribution in [0.5, 0.6) is 5.88 Å². The predicted octanol–water partition coefficient (Wildman–Crippen LogP) is 4.75. The van der Waals surface area contributed by atoms with Crippen LogP contribution in [0.15, 0.2) is 64.8 Å². The Morgan fingerprint density at radius 1 is 1.08 bits per heavy atom. The zero-order chi connectivity index (χ0) is 17.4. The van der Waals surface area contributed by atoms with E-state index in [0.29, 0.717) is 16.7 Å². The third kappa shape index (κ3) is 2.65. The van der Waals surface area contributed by atoms with Crippen molar-refractivity contribution in [3.63, 3.8) is 0 Å². The van der Waals surface area contributed by atoms with E-state index in [2.05, 4.69) is 20.2 Å². The van der Waals surface area contributed by atoms with Gasteiger partial charge in [-0.25, -0.2) is 4.98 Å². The fourth-order valence-corrected chi connectivity index (χ4v) is 2.58. The van der Waals surface area contributed by atoms with Crippen molar-refractivity contribution in [3.8, 4) is 5.88 Å². The molecule has 8 nitrogen and oxygen atoms in total. The van der Waals surface area contributed by atoms with Crippen molar-refractivity contribution in [1.82, 2.24) is 9.97 Å². The van der Waals surface area contributed by atoms with Crippen LogP contribution in [-0.2, 0) is 0 Å². The lowest BCUT2D eigenvalue weighted by Crippen LogP contribution is -1.86. The number of hydrogen-bond donors (Lipinski definition) is 2. The second-order valence-corrected chi connectivity index (χ2v) is 5.37. The van der Waals surface area contributed by atoms with Gasteiger partial charge in [-0.2, -0.15) is 0 Å². The van der Waals surface area contributed by atoms with Gasteiger partial charge in [-0.15, -0.1) is 10.2 Å². The first-order valence-electron chi connectivity index (χ1n) is 7.38. The van der Waals surface area contributed by atoms with Gasteiger partial charge < -0.3 is 10.1 Å². The predicted molar refractivity (Wildman–Crippen MR) is 92.5 cm³/mol. The summed E-state index contributed by atoms with van der Waals surface area (Å²) < 4.78 is 0. The molecular weight excluding hydrogens is 322 g/mol. The summed E-state index contributed by atoms with van der Waals surface area (Å²) in [5, 5.41) is 30.4. The summed E-state index contributed by atoms with van der Waals surface area (Å²) in [6, 6.07) is 15.4. The quantitative estimate of drug-likeness (QED) is 0.320. The molecule has 25 heavy (non-hydrogen) atoms. The Bertz CT molecular complexity index is 1150. The molecule has 0 spiro atoms. The highest BCUT2D eigenvalue weighted by atomic mass is 16.6. The highest BCUT2D eigenvalue weighted by Crippen LogP contribution is 2.37. The molecule has 0 saturated carbocycles. The van der Waals surface area contributed by atoms with Crippen LogP contribution < -0.4 is 0 Å². The molecule has 2 N–H and O–H groups in total. The average molecular weight is 333 g/mol. The minimum absolute atomic E-state index is 0.0909. The number of aromatic nitrogens is 2. The summed E-state index contributed by atoms with van der Waals surface area (Å²) in [5.74, 6) is 0.165.